The first-order valence-corrected chi connectivity index (χ1v) is 7.03. The summed E-state index contributed by atoms with van der Waals surface area (Å²) in [4.78, 5) is 23.7. The van der Waals surface area contributed by atoms with E-state index in [1.807, 2.05) is 0 Å². The van der Waals surface area contributed by atoms with Gasteiger partial charge in [-0.3, -0.25) is 14.9 Å². The maximum atomic E-state index is 12.0. The van der Waals surface area contributed by atoms with E-state index in [1.165, 1.54) is 23.8 Å². The van der Waals surface area contributed by atoms with Crippen LogP contribution in [0.3, 0.4) is 0 Å². The quantitative estimate of drug-likeness (QED) is 0.637. The minimum atomic E-state index is -0.478. The molecule has 1 aromatic carbocycles. The first-order chi connectivity index (χ1) is 9.66. The van der Waals surface area contributed by atoms with Crippen LogP contribution in [0, 0.1) is 10.1 Å². The van der Waals surface area contributed by atoms with Crippen LogP contribution in [0.25, 0.3) is 0 Å². The third-order valence-electron chi connectivity index (χ3n) is 3.60. The SMILES string of the molecule is O=C(C[NH+]1CCCCCC1)Nc1ccccc1[N+](=O)[O-]. The Morgan fingerprint density at radius 1 is 1.20 bits per heavy atom. The molecular weight excluding hydrogens is 258 g/mol. The Morgan fingerprint density at radius 3 is 2.50 bits per heavy atom. The van der Waals surface area contributed by atoms with Gasteiger partial charge in [0.15, 0.2) is 6.54 Å². The smallest absolute Gasteiger partial charge is 0.292 e. The average molecular weight is 278 g/mol. The Bertz CT molecular complexity index is 482. The van der Waals surface area contributed by atoms with Crippen LogP contribution in [0.1, 0.15) is 25.7 Å². The van der Waals surface area contributed by atoms with Crippen molar-refractivity contribution in [1.29, 1.82) is 0 Å². The van der Waals surface area contributed by atoms with Crippen molar-refractivity contribution in [3.63, 3.8) is 0 Å². The fourth-order valence-corrected chi connectivity index (χ4v) is 2.57. The molecule has 6 nitrogen and oxygen atoms in total. The fraction of sp³-hybridized carbons (Fsp3) is 0.500. The number of benzene rings is 1. The number of likely N-dealkylation sites (tertiary alicyclic amines) is 1. The van der Waals surface area contributed by atoms with Gasteiger partial charge in [-0.05, 0) is 31.7 Å². The van der Waals surface area contributed by atoms with Crippen molar-refractivity contribution in [1.82, 2.24) is 0 Å². The third kappa shape index (κ3) is 4.03. The largest absolute Gasteiger partial charge is 0.327 e. The summed E-state index contributed by atoms with van der Waals surface area (Å²) in [6.45, 7) is 2.39. The van der Waals surface area contributed by atoms with Gasteiger partial charge in [-0.1, -0.05) is 12.1 Å². The summed E-state index contributed by atoms with van der Waals surface area (Å²) in [5, 5.41) is 13.5. The molecule has 108 valence electrons. The van der Waals surface area contributed by atoms with Gasteiger partial charge in [-0.2, -0.15) is 0 Å². The monoisotopic (exact) mass is 278 g/mol. The van der Waals surface area contributed by atoms with Crippen molar-refractivity contribution >= 4 is 17.3 Å². The number of nitro benzene ring substituents is 1. The van der Waals surface area contributed by atoms with Crippen molar-refractivity contribution in [2.75, 3.05) is 25.0 Å². The number of carbonyl (C=O) groups is 1. The number of hydrogen-bond donors (Lipinski definition) is 2. The van der Waals surface area contributed by atoms with E-state index in [9.17, 15) is 14.9 Å². The normalized spacial score (nSPS) is 16.4. The molecule has 0 atom stereocenters. The molecule has 0 unspecified atom stereocenters. The van der Waals surface area contributed by atoms with Gasteiger partial charge in [0.2, 0.25) is 0 Å². The van der Waals surface area contributed by atoms with Crippen LogP contribution in [0.4, 0.5) is 11.4 Å². The van der Waals surface area contributed by atoms with Gasteiger partial charge in [0, 0.05) is 6.07 Å². The van der Waals surface area contributed by atoms with E-state index in [0.29, 0.717) is 6.54 Å². The number of para-hydroxylation sites is 2. The van der Waals surface area contributed by atoms with Crippen molar-refractivity contribution in [3.05, 3.63) is 34.4 Å². The molecular formula is C14H20N3O3+. The van der Waals surface area contributed by atoms with E-state index in [-0.39, 0.29) is 17.3 Å². The molecule has 1 aromatic rings. The van der Waals surface area contributed by atoms with Gasteiger partial charge < -0.3 is 10.2 Å². The lowest BCUT2D eigenvalue weighted by atomic mass is 10.2. The molecule has 0 aromatic heterocycles. The molecule has 1 aliphatic heterocycles. The lowest BCUT2D eigenvalue weighted by molar-refractivity contribution is -0.890. The van der Waals surface area contributed by atoms with Gasteiger partial charge in [0.25, 0.3) is 11.6 Å². The Hall–Kier alpha value is -1.95. The summed E-state index contributed by atoms with van der Waals surface area (Å²) in [6, 6.07) is 6.23. The summed E-state index contributed by atoms with van der Waals surface area (Å²) < 4.78 is 0. The van der Waals surface area contributed by atoms with Gasteiger partial charge >= 0.3 is 0 Å². The van der Waals surface area contributed by atoms with Crippen LogP contribution in [-0.2, 0) is 4.79 Å². The Morgan fingerprint density at radius 2 is 1.85 bits per heavy atom. The van der Waals surface area contributed by atoms with Crippen LogP contribution < -0.4 is 10.2 Å². The maximum absolute atomic E-state index is 12.0. The number of carbonyl (C=O) groups excluding carboxylic acids is 1. The van der Waals surface area contributed by atoms with E-state index in [1.54, 1.807) is 18.2 Å². The topological polar surface area (TPSA) is 76.7 Å². The minimum absolute atomic E-state index is 0.0632. The fourth-order valence-electron chi connectivity index (χ4n) is 2.57. The van der Waals surface area contributed by atoms with Crippen molar-refractivity contribution in [2.45, 2.75) is 25.7 Å². The number of nitro groups is 1. The van der Waals surface area contributed by atoms with Crippen molar-refractivity contribution < 1.29 is 14.6 Å². The summed E-state index contributed by atoms with van der Waals surface area (Å²) in [5.74, 6) is -0.156. The number of nitrogens with zero attached hydrogens (tertiary/aromatic N) is 1. The number of amides is 1. The Labute approximate surface area is 117 Å². The van der Waals surface area contributed by atoms with E-state index < -0.39 is 4.92 Å². The predicted molar refractivity (Wildman–Crippen MR) is 75.8 cm³/mol. The Kier molecular flexibility index (Phi) is 5.06. The highest BCUT2D eigenvalue weighted by Crippen LogP contribution is 2.22. The molecule has 1 heterocycles. The van der Waals surface area contributed by atoms with E-state index in [2.05, 4.69) is 5.32 Å². The first-order valence-electron chi connectivity index (χ1n) is 7.03. The van der Waals surface area contributed by atoms with E-state index in [0.717, 1.165) is 25.9 Å². The zero-order chi connectivity index (χ0) is 14.4. The zero-order valence-electron chi connectivity index (χ0n) is 11.4. The van der Waals surface area contributed by atoms with Crippen LogP contribution in [0.5, 0.6) is 0 Å². The molecule has 2 N–H and O–H groups in total. The highest BCUT2D eigenvalue weighted by Gasteiger charge is 2.19. The lowest BCUT2D eigenvalue weighted by Gasteiger charge is -2.16. The van der Waals surface area contributed by atoms with Crippen molar-refractivity contribution in [3.8, 4) is 0 Å². The van der Waals surface area contributed by atoms with Crippen LogP contribution in [0.2, 0.25) is 0 Å². The molecule has 1 saturated heterocycles. The van der Waals surface area contributed by atoms with Crippen LogP contribution in [0.15, 0.2) is 24.3 Å². The van der Waals surface area contributed by atoms with Crippen molar-refractivity contribution in [2.24, 2.45) is 0 Å². The number of anilines is 1. The standard InChI is InChI=1S/C14H19N3O3/c18-14(11-16-9-5-1-2-6-10-16)15-12-7-3-4-8-13(12)17(19)20/h3-4,7-8H,1-2,5-6,9-11H2,(H,15,18)/p+1. The number of hydrogen-bond acceptors (Lipinski definition) is 3. The predicted octanol–water partition coefficient (Wildman–Crippen LogP) is 0.992. The Balaban J connectivity index is 1.95. The van der Waals surface area contributed by atoms with Gasteiger partial charge in [0.05, 0.1) is 18.0 Å². The molecule has 0 spiro atoms. The minimum Gasteiger partial charge on any atom is -0.327 e. The van der Waals surface area contributed by atoms with Crippen LogP contribution >= 0.6 is 0 Å². The molecule has 0 bridgehead atoms. The average Bonchev–Trinajstić information content (AvgIpc) is 2.67. The second kappa shape index (κ2) is 7.00. The zero-order valence-corrected chi connectivity index (χ0v) is 11.4. The number of quaternary nitrogens is 1. The molecule has 6 heteroatoms. The molecule has 0 aliphatic carbocycles. The molecule has 2 rings (SSSR count). The molecule has 0 saturated carbocycles. The van der Waals surface area contributed by atoms with E-state index >= 15 is 0 Å². The summed E-state index contributed by atoms with van der Waals surface area (Å²) in [7, 11) is 0. The van der Waals surface area contributed by atoms with Gasteiger partial charge in [0.1, 0.15) is 5.69 Å². The van der Waals surface area contributed by atoms with Gasteiger partial charge in [-0.15, -0.1) is 0 Å². The number of rotatable bonds is 4. The third-order valence-corrected chi connectivity index (χ3v) is 3.60. The second-order valence-electron chi connectivity index (χ2n) is 5.16. The summed E-state index contributed by atoms with van der Waals surface area (Å²) in [6.07, 6.45) is 4.76. The molecule has 1 aliphatic rings. The highest BCUT2D eigenvalue weighted by atomic mass is 16.6. The van der Waals surface area contributed by atoms with Gasteiger partial charge in [-0.25, -0.2) is 0 Å². The van der Waals surface area contributed by atoms with E-state index in [4.69, 9.17) is 0 Å². The lowest BCUT2D eigenvalue weighted by Crippen LogP contribution is -3.12. The van der Waals surface area contributed by atoms with Crippen LogP contribution in [-0.4, -0.2) is 30.5 Å². The first kappa shape index (κ1) is 14.5. The summed E-state index contributed by atoms with van der Waals surface area (Å²) in [5.41, 5.74) is 0.212. The summed E-state index contributed by atoms with van der Waals surface area (Å²) >= 11 is 0. The second-order valence-corrected chi connectivity index (χ2v) is 5.16. The number of nitrogens with one attached hydrogen (secondary N) is 2. The molecule has 20 heavy (non-hydrogen) atoms. The molecule has 1 amide bonds. The highest BCUT2D eigenvalue weighted by molar-refractivity contribution is 5.93. The maximum Gasteiger partial charge on any atom is 0.292 e. The molecule has 1 fully saturated rings. The molecule has 0 radical (unpaired) electrons.